The van der Waals surface area contributed by atoms with Gasteiger partial charge in [-0.15, -0.1) is 0 Å². The first-order valence-electron chi connectivity index (χ1n) is 5.47. The number of aromatic carboxylic acids is 1. The van der Waals surface area contributed by atoms with Gasteiger partial charge in [0.05, 0.1) is 10.0 Å². The molecule has 0 aliphatic carbocycles. The highest BCUT2D eigenvalue weighted by molar-refractivity contribution is 6.42. The zero-order chi connectivity index (χ0) is 13.8. The van der Waals surface area contributed by atoms with Gasteiger partial charge in [0.25, 0.3) is 0 Å². The lowest BCUT2D eigenvalue weighted by Crippen LogP contribution is -2.03. The number of halogens is 2. The number of rotatable bonds is 4. The molecule has 0 bridgehead atoms. The van der Waals surface area contributed by atoms with Gasteiger partial charge in [-0.05, 0) is 18.2 Å². The van der Waals surface area contributed by atoms with Crippen molar-refractivity contribution in [3.63, 3.8) is 0 Å². The van der Waals surface area contributed by atoms with Crippen LogP contribution in [0, 0.1) is 0 Å². The minimum Gasteiger partial charge on any atom is -0.488 e. The van der Waals surface area contributed by atoms with Gasteiger partial charge in [-0.3, -0.25) is 0 Å². The Balaban J connectivity index is 2.19. The number of hydrogen-bond acceptors (Lipinski definition) is 2. The van der Waals surface area contributed by atoms with Crippen molar-refractivity contribution < 1.29 is 14.6 Å². The predicted molar refractivity (Wildman–Crippen MR) is 74.2 cm³/mol. The number of benzene rings is 2. The third kappa shape index (κ3) is 3.19. The summed E-state index contributed by atoms with van der Waals surface area (Å²) in [5.41, 5.74) is 0.815. The summed E-state index contributed by atoms with van der Waals surface area (Å²) in [5.74, 6) is -0.737. The Hall–Kier alpha value is -1.71. The standard InChI is InChI=1S/C14H10Cl2O3/c15-11-6-3-4-9(13(11)16)8-19-12-7-2-1-5-10(12)14(17)18/h1-7H,8H2,(H,17,18). The largest absolute Gasteiger partial charge is 0.488 e. The Labute approximate surface area is 120 Å². The van der Waals surface area contributed by atoms with Crippen LogP contribution in [-0.4, -0.2) is 11.1 Å². The molecule has 0 aromatic heterocycles. The molecule has 0 radical (unpaired) electrons. The van der Waals surface area contributed by atoms with Gasteiger partial charge in [-0.1, -0.05) is 47.5 Å². The molecule has 2 aromatic carbocycles. The zero-order valence-electron chi connectivity index (χ0n) is 9.77. The lowest BCUT2D eigenvalue weighted by atomic mass is 10.2. The molecule has 0 saturated heterocycles. The summed E-state index contributed by atoms with van der Waals surface area (Å²) >= 11 is 11.9. The molecule has 1 N–H and O–H groups in total. The van der Waals surface area contributed by atoms with Crippen molar-refractivity contribution in [2.75, 3.05) is 0 Å². The molecule has 0 saturated carbocycles. The maximum absolute atomic E-state index is 11.0. The van der Waals surface area contributed by atoms with E-state index in [1.54, 1.807) is 36.4 Å². The second kappa shape index (κ2) is 5.95. The van der Waals surface area contributed by atoms with E-state index in [0.29, 0.717) is 21.4 Å². The molecule has 0 fully saturated rings. The monoisotopic (exact) mass is 296 g/mol. The van der Waals surface area contributed by atoms with Crippen LogP contribution in [0.4, 0.5) is 0 Å². The lowest BCUT2D eigenvalue weighted by molar-refractivity contribution is 0.0692. The molecule has 19 heavy (non-hydrogen) atoms. The van der Waals surface area contributed by atoms with E-state index in [4.69, 9.17) is 33.0 Å². The highest BCUT2D eigenvalue weighted by Crippen LogP contribution is 2.27. The number of para-hydroxylation sites is 1. The van der Waals surface area contributed by atoms with Gasteiger partial charge >= 0.3 is 5.97 Å². The second-order valence-corrected chi connectivity index (χ2v) is 4.59. The van der Waals surface area contributed by atoms with E-state index >= 15 is 0 Å². The molecule has 2 rings (SSSR count). The highest BCUT2D eigenvalue weighted by atomic mass is 35.5. The lowest BCUT2D eigenvalue weighted by Gasteiger charge is -2.10. The van der Waals surface area contributed by atoms with Crippen molar-refractivity contribution >= 4 is 29.2 Å². The SMILES string of the molecule is O=C(O)c1ccccc1OCc1cccc(Cl)c1Cl. The summed E-state index contributed by atoms with van der Waals surface area (Å²) in [6, 6.07) is 11.6. The molecule has 0 amide bonds. The van der Waals surface area contributed by atoms with E-state index in [1.807, 2.05) is 0 Å². The van der Waals surface area contributed by atoms with E-state index in [2.05, 4.69) is 0 Å². The van der Waals surface area contributed by atoms with Crippen LogP contribution in [0.1, 0.15) is 15.9 Å². The molecule has 2 aromatic rings. The van der Waals surface area contributed by atoms with Crippen LogP contribution in [0.3, 0.4) is 0 Å². The minimum atomic E-state index is -1.03. The average molecular weight is 297 g/mol. The number of ether oxygens (including phenoxy) is 1. The second-order valence-electron chi connectivity index (χ2n) is 3.80. The molecule has 0 heterocycles. The smallest absolute Gasteiger partial charge is 0.339 e. The van der Waals surface area contributed by atoms with Gasteiger partial charge < -0.3 is 9.84 Å². The maximum Gasteiger partial charge on any atom is 0.339 e. The topological polar surface area (TPSA) is 46.5 Å². The van der Waals surface area contributed by atoms with Crippen LogP contribution in [0.2, 0.25) is 10.0 Å². The number of carboxylic acid groups (broad SMARTS) is 1. The number of hydrogen-bond donors (Lipinski definition) is 1. The van der Waals surface area contributed by atoms with Crippen LogP contribution in [-0.2, 0) is 6.61 Å². The number of carbonyl (C=O) groups is 1. The Bertz CT molecular complexity index is 611. The van der Waals surface area contributed by atoms with Gasteiger partial charge in [0, 0.05) is 5.56 Å². The van der Waals surface area contributed by atoms with E-state index in [9.17, 15) is 4.79 Å². The van der Waals surface area contributed by atoms with E-state index in [0.717, 1.165) is 0 Å². The maximum atomic E-state index is 11.0. The summed E-state index contributed by atoms with van der Waals surface area (Å²) < 4.78 is 5.50. The van der Waals surface area contributed by atoms with Gasteiger partial charge in [-0.2, -0.15) is 0 Å². The quantitative estimate of drug-likeness (QED) is 0.916. The molecule has 0 aliphatic heterocycles. The first-order chi connectivity index (χ1) is 9.09. The Kier molecular flexibility index (Phi) is 4.30. The van der Waals surface area contributed by atoms with Crippen LogP contribution < -0.4 is 4.74 Å². The molecule has 98 valence electrons. The summed E-state index contributed by atoms with van der Waals surface area (Å²) in [6.07, 6.45) is 0. The van der Waals surface area contributed by atoms with Gasteiger partial charge in [0.15, 0.2) is 0 Å². The van der Waals surface area contributed by atoms with Gasteiger partial charge in [0.1, 0.15) is 17.9 Å². The van der Waals surface area contributed by atoms with E-state index in [1.165, 1.54) is 6.07 Å². The van der Waals surface area contributed by atoms with Crippen LogP contribution in [0.5, 0.6) is 5.75 Å². The summed E-state index contributed by atoms with van der Waals surface area (Å²) in [7, 11) is 0. The molecule has 0 atom stereocenters. The average Bonchev–Trinajstić information content (AvgIpc) is 2.40. The Morgan fingerprint density at radius 1 is 1.11 bits per heavy atom. The third-order valence-electron chi connectivity index (χ3n) is 2.53. The van der Waals surface area contributed by atoms with Crippen molar-refractivity contribution in [1.82, 2.24) is 0 Å². The molecular weight excluding hydrogens is 287 g/mol. The van der Waals surface area contributed by atoms with Crippen molar-refractivity contribution in [2.45, 2.75) is 6.61 Å². The first kappa shape index (κ1) is 13.7. The van der Waals surface area contributed by atoms with Crippen molar-refractivity contribution in [2.24, 2.45) is 0 Å². The fraction of sp³-hybridized carbons (Fsp3) is 0.0714. The highest BCUT2D eigenvalue weighted by Gasteiger charge is 2.11. The summed E-state index contributed by atoms with van der Waals surface area (Å²) in [5, 5.41) is 9.89. The molecule has 0 spiro atoms. The van der Waals surface area contributed by atoms with E-state index in [-0.39, 0.29) is 12.2 Å². The summed E-state index contributed by atoms with van der Waals surface area (Å²) in [4.78, 5) is 11.0. The predicted octanol–water partition coefficient (Wildman–Crippen LogP) is 4.27. The zero-order valence-corrected chi connectivity index (χ0v) is 11.3. The van der Waals surface area contributed by atoms with Crippen molar-refractivity contribution in [3.05, 3.63) is 63.6 Å². The van der Waals surface area contributed by atoms with Crippen molar-refractivity contribution in [1.29, 1.82) is 0 Å². The molecule has 3 nitrogen and oxygen atoms in total. The molecule has 0 aliphatic rings. The van der Waals surface area contributed by atoms with Crippen molar-refractivity contribution in [3.8, 4) is 5.75 Å². The number of carboxylic acids is 1. The fourth-order valence-electron chi connectivity index (χ4n) is 1.58. The Morgan fingerprint density at radius 2 is 1.84 bits per heavy atom. The van der Waals surface area contributed by atoms with Gasteiger partial charge in [-0.25, -0.2) is 4.79 Å². The normalized spacial score (nSPS) is 10.2. The molecule has 5 heteroatoms. The minimum absolute atomic E-state index is 0.112. The van der Waals surface area contributed by atoms with E-state index < -0.39 is 5.97 Å². The van der Waals surface area contributed by atoms with Gasteiger partial charge in [0.2, 0.25) is 0 Å². The molecular formula is C14H10Cl2O3. The Morgan fingerprint density at radius 3 is 2.58 bits per heavy atom. The third-order valence-corrected chi connectivity index (χ3v) is 3.39. The first-order valence-corrected chi connectivity index (χ1v) is 6.23. The van der Waals surface area contributed by atoms with Crippen LogP contribution >= 0.6 is 23.2 Å². The van der Waals surface area contributed by atoms with Crippen LogP contribution in [0.25, 0.3) is 0 Å². The fourth-order valence-corrected chi connectivity index (χ4v) is 1.96. The van der Waals surface area contributed by atoms with Crippen LogP contribution in [0.15, 0.2) is 42.5 Å². The summed E-state index contributed by atoms with van der Waals surface area (Å²) in [6.45, 7) is 0.156. The molecule has 0 unspecified atom stereocenters.